The van der Waals surface area contributed by atoms with Crippen LogP contribution in [0.5, 0.6) is 0 Å². The molecule has 2 aromatic heterocycles. The Morgan fingerprint density at radius 2 is 2.16 bits per heavy atom. The Labute approximate surface area is 141 Å². The molecule has 2 heterocycles. The Hall–Kier alpha value is -3.42. The Bertz CT molecular complexity index is 1100. The molecule has 3 aromatic rings. The first-order valence-corrected chi connectivity index (χ1v) is 7.59. The lowest BCUT2D eigenvalue weighted by molar-refractivity contribution is 0.0750. The number of H-pyrrole nitrogens is 1. The SMILES string of the molecule is COC(=O)N(C)C(=O)c1cccc2c1Cc1c-2[nH]c(=O)c2nccn12. The number of nitrogens with zero attached hydrogens (tertiary/aromatic N) is 3. The normalized spacial score (nSPS) is 11.9. The monoisotopic (exact) mass is 338 g/mol. The van der Waals surface area contributed by atoms with Crippen LogP contribution in [0.25, 0.3) is 16.9 Å². The minimum absolute atomic E-state index is 0.292. The van der Waals surface area contributed by atoms with Crippen LogP contribution in [0.15, 0.2) is 35.4 Å². The van der Waals surface area contributed by atoms with Gasteiger partial charge in [-0.25, -0.2) is 14.7 Å². The summed E-state index contributed by atoms with van der Waals surface area (Å²) in [6, 6.07) is 5.23. The molecule has 0 bridgehead atoms. The number of rotatable bonds is 1. The quantitative estimate of drug-likeness (QED) is 0.566. The summed E-state index contributed by atoms with van der Waals surface area (Å²) in [6.07, 6.45) is 3.00. The molecule has 126 valence electrons. The third-order valence-electron chi connectivity index (χ3n) is 4.43. The molecule has 4 rings (SSSR count). The molecule has 1 N–H and O–H groups in total. The maximum absolute atomic E-state index is 12.7. The average molecular weight is 338 g/mol. The fourth-order valence-corrected chi connectivity index (χ4v) is 3.23. The van der Waals surface area contributed by atoms with Crippen molar-refractivity contribution >= 4 is 17.6 Å². The van der Waals surface area contributed by atoms with E-state index >= 15 is 0 Å². The van der Waals surface area contributed by atoms with Crippen LogP contribution in [0.1, 0.15) is 21.6 Å². The van der Waals surface area contributed by atoms with Gasteiger partial charge < -0.3 is 9.72 Å². The average Bonchev–Trinajstić information content (AvgIpc) is 3.24. The largest absolute Gasteiger partial charge is 0.452 e. The molecule has 0 radical (unpaired) electrons. The molecule has 8 nitrogen and oxygen atoms in total. The Morgan fingerprint density at radius 1 is 1.36 bits per heavy atom. The minimum atomic E-state index is -0.733. The van der Waals surface area contributed by atoms with Crippen molar-refractivity contribution in [3.05, 3.63) is 57.8 Å². The molecule has 0 unspecified atom stereocenters. The minimum Gasteiger partial charge on any atom is -0.452 e. The number of carbonyl (C=O) groups is 2. The molecule has 0 spiro atoms. The summed E-state index contributed by atoms with van der Waals surface area (Å²) in [7, 11) is 2.59. The van der Waals surface area contributed by atoms with Crippen molar-refractivity contribution < 1.29 is 14.3 Å². The summed E-state index contributed by atoms with van der Waals surface area (Å²) in [4.78, 5) is 44.3. The predicted molar refractivity (Wildman–Crippen MR) is 88.6 cm³/mol. The fraction of sp³-hybridized carbons (Fsp3) is 0.176. The summed E-state index contributed by atoms with van der Waals surface area (Å²) < 4.78 is 6.33. The van der Waals surface area contributed by atoms with Crippen molar-refractivity contribution in [2.45, 2.75) is 6.42 Å². The van der Waals surface area contributed by atoms with Crippen molar-refractivity contribution in [3.8, 4) is 11.3 Å². The number of aromatic nitrogens is 3. The van der Waals surface area contributed by atoms with E-state index < -0.39 is 12.0 Å². The number of fused-ring (bicyclic) bond motifs is 5. The van der Waals surface area contributed by atoms with E-state index in [-0.39, 0.29) is 5.56 Å². The van der Waals surface area contributed by atoms with Gasteiger partial charge >= 0.3 is 6.09 Å². The van der Waals surface area contributed by atoms with Crippen LogP contribution in [-0.4, -0.2) is 45.4 Å². The van der Waals surface area contributed by atoms with Gasteiger partial charge in [-0.2, -0.15) is 0 Å². The van der Waals surface area contributed by atoms with Crippen LogP contribution in [0, 0.1) is 0 Å². The van der Waals surface area contributed by atoms with Crippen LogP contribution in [0.2, 0.25) is 0 Å². The van der Waals surface area contributed by atoms with Crippen molar-refractivity contribution in [2.75, 3.05) is 14.2 Å². The molecule has 25 heavy (non-hydrogen) atoms. The predicted octanol–water partition coefficient (Wildman–Crippen LogP) is 1.43. The second-order valence-corrected chi connectivity index (χ2v) is 5.74. The molecule has 0 saturated carbocycles. The van der Waals surface area contributed by atoms with Crippen molar-refractivity contribution in [1.82, 2.24) is 19.3 Å². The highest BCUT2D eigenvalue weighted by Crippen LogP contribution is 2.36. The fourth-order valence-electron chi connectivity index (χ4n) is 3.23. The van der Waals surface area contributed by atoms with E-state index in [2.05, 4.69) is 14.7 Å². The molecular formula is C17H14N4O4. The highest BCUT2D eigenvalue weighted by atomic mass is 16.5. The van der Waals surface area contributed by atoms with Crippen LogP contribution in [-0.2, 0) is 11.2 Å². The highest BCUT2D eigenvalue weighted by Gasteiger charge is 2.29. The lowest BCUT2D eigenvalue weighted by Crippen LogP contribution is -2.33. The Balaban J connectivity index is 1.88. The van der Waals surface area contributed by atoms with Gasteiger partial charge in [-0.3, -0.25) is 14.0 Å². The maximum Gasteiger partial charge on any atom is 0.416 e. The molecule has 0 fully saturated rings. The van der Waals surface area contributed by atoms with Gasteiger partial charge in [-0.05, 0) is 11.6 Å². The van der Waals surface area contributed by atoms with Crippen LogP contribution in [0.4, 0.5) is 4.79 Å². The first kappa shape index (κ1) is 15.1. The molecule has 0 atom stereocenters. The first-order chi connectivity index (χ1) is 12.0. The topological polar surface area (TPSA) is 96.8 Å². The lowest BCUT2D eigenvalue weighted by Gasteiger charge is -2.15. The van der Waals surface area contributed by atoms with Gasteiger partial charge in [0.25, 0.3) is 11.5 Å². The zero-order valence-electron chi connectivity index (χ0n) is 13.6. The first-order valence-electron chi connectivity index (χ1n) is 7.59. The molecule has 0 saturated heterocycles. The Morgan fingerprint density at radius 3 is 2.92 bits per heavy atom. The number of hydrogen-bond donors (Lipinski definition) is 1. The summed E-state index contributed by atoms with van der Waals surface area (Å²) >= 11 is 0. The molecule has 1 aromatic carbocycles. The number of imidazole rings is 1. The number of aromatic amines is 1. The van der Waals surface area contributed by atoms with E-state index in [1.54, 1.807) is 28.9 Å². The smallest absolute Gasteiger partial charge is 0.416 e. The standard InChI is InChI=1S/C17H14N4O4/c1-20(17(24)25-2)16(23)10-5-3-4-9-11(10)8-12-13(9)19-15(22)14-18-6-7-21(12)14/h3-7H,8H2,1-2H3,(H,19,22). The second-order valence-electron chi connectivity index (χ2n) is 5.74. The van der Waals surface area contributed by atoms with Crippen molar-refractivity contribution in [2.24, 2.45) is 0 Å². The van der Waals surface area contributed by atoms with E-state index in [1.165, 1.54) is 14.2 Å². The third-order valence-corrected chi connectivity index (χ3v) is 4.43. The van der Waals surface area contributed by atoms with Gasteiger partial charge in [-0.15, -0.1) is 0 Å². The second kappa shape index (κ2) is 5.30. The van der Waals surface area contributed by atoms with E-state index in [0.717, 1.165) is 21.7 Å². The Kier molecular flexibility index (Phi) is 3.21. The zero-order chi connectivity index (χ0) is 17.7. The molecule has 1 aliphatic rings. The number of amides is 2. The number of nitrogens with one attached hydrogen (secondary N) is 1. The van der Waals surface area contributed by atoms with E-state index in [1.807, 2.05) is 6.07 Å². The molecule has 2 amide bonds. The molecule has 8 heteroatoms. The number of hydrogen-bond acceptors (Lipinski definition) is 5. The van der Waals surface area contributed by atoms with Gasteiger partial charge in [0.05, 0.1) is 18.5 Å². The summed E-state index contributed by atoms with van der Waals surface area (Å²) in [5.41, 5.74) is 3.47. The van der Waals surface area contributed by atoms with E-state index in [4.69, 9.17) is 0 Å². The maximum atomic E-state index is 12.7. The van der Waals surface area contributed by atoms with E-state index in [9.17, 15) is 14.4 Å². The van der Waals surface area contributed by atoms with Crippen LogP contribution < -0.4 is 5.56 Å². The lowest BCUT2D eigenvalue weighted by atomic mass is 10.0. The zero-order valence-corrected chi connectivity index (χ0v) is 13.6. The van der Waals surface area contributed by atoms with Gasteiger partial charge in [0.1, 0.15) is 0 Å². The van der Waals surface area contributed by atoms with E-state index in [0.29, 0.717) is 23.3 Å². The molecule has 0 aliphatic heterocycles. The summed E-state index contributed by atoms with van der Waals surface area (Å²) in [5.74, 6) is -0.458. The van der Waals surface area contributed by atoms with Crippen LogP contribution >= 0.6 is 0 Å². The number of methoxy groups -OCH3 is 1. The molecular weight excluding hydrogens is 324 g/mol. The molecule has 1 aliphatic carbocycles. The number of imide groups is 1. The third kappa shape index (κ3) is 2.07. The van der Waals surface area contributed by atoms with Crippen LogP contribution in [0.3, 0.4) is 0 Å². The van der Waals surface area contributed by atoms with Gasteiger partial charge in [0.15, 0.2) is 0 Å². The summed E-state index contributed by atoms with van der Waals surface area (Å²) in [5, 5.41) is 0. The van der Waals surface area contributed by atoms with Gasteiger partial charge in [0.2, 0.25) is 5.65 Å². The number of ether oxygens (including phenoxy) is 1. The number of benzene rings is 1. The highest BCUT2D eigenvalue weighted by molar-refractivity contribution is 6.05. The van der Waals surface area contributed by atoms with Gasteiger partial charge in [0, 0.05) is 37.0 Å². The van der Waals surface area contributed by atoms with Crippen molar-refractivity contribution in [1.29, 1.82) is 0 Å². The van der Waals surface area contributed by atoms with Crippen molar-refractivity contribution in [3.63, 3.8) is 0 Å². The number of carbonyl (C=O) groups excluding carboxylic acids is 2. The summed E-state index contributed by atoms with van der Waals surface area (Å²) in [6.45, 7) is 0. The van der Waals surface area contributed by atoms with Gasteiger partial charge in [-0.1, -0.05) is 12.1 Å².